The fraction of sp³-hybridized carbons (Fsp3) is 0.333. The highest BCUT2D eigenvalue weighted by Crippen LogP contribution is 2.26. The van der Waals surface area contributed by atoms with Gasteiger partial charge in [-0.1, -0.05) is 91.0 Å². The van der Waals surface area contributed by atoms with E-state index in [0.717, 1.165) is 16.7 Å². The Morgan fingerprint density at radius 1 is 0.667 bits per heavy atom. The van der Waals surface area contributed by atoms with Crippen molar-refractivity contribution in [2.24, 2.45) is 5.73 Å². The Hall–Kier alpha value is -2.58. The van der Waals surface area contributed by atoms with Gasteiger partial charge < -0.3 is 29.8 Å². The van der Waals surface area contributed by atoms with Gasteiger partial charge in [-0.3, -0.25) is 0 Å². The van der Waals surface area contributed by atoms with E-state index in [1.807, 2.05) is 91.0 Å². The van der Waals surface area contributed by atoms with E-state index in [1.54, 1.807) is 0 Å². The second kappa shape index (κ2) is 12.0. The molecule has 33 heavy (non-hydrogen) atoms. The van der Waals surface area contributed by atoms with Crippen molar-refractivity contribution in [3.8, 4) is 0 Å². The van der Waals surface area contributed by atoms with Crippen molar-refractivity contribution in [3.63, 3.8) is 0 Å². The molecule has 3 aromatic rings. The van der Waals surface area contributed by atoms with Gasteiger partial charge in [0.2, 0.25) is 0 Å². The van der Waals surface area contributed by atoms with Gasteiger partial charge >= 0.3 is 0 Å². The maximum atomic E-state index is 10.5. The lowest BCUT2D eigenvalue weighted by atomic mass is 9.97. The van der Waals surface area contributed by atoms with Crippen molar-refractivity contribution in [1.29, 1.82) is 0 Å². The normalized spacial score (nSPS) is 25.1. The summed E-state index contributed by atoms with van der Waals surface area (Å²) in [6.07, 6.45) is -2.79. The summed E-state index contributed by atoms with van der Waals surface area (Å²) in [5.74, 6) is 0. The monoisotopic (exact) mass is 449 g/mol. The molecule has 0 aliphatic carbocycles. The maximum absolute atomic E-state index is 10.5. The molecule has 3 aromatic carbocycles. The van der Waals surface area contributed by atoms with Crippen molar-refractivity contribution < 1.29 is 24.1 Å². The predicted molar refractivity (Wildman–Crippen MR) is 125 cm³/mol. The third-order valence-electron chi connectivity index (χ3n) is 5.68. The van der Waals surface area contributed by atoms with E-state index >= 15 is 0 Å². The van der Waals surface area contributed by atoms with Crippen molar-refractivity contribution in [2.75, 3.05) is 6.61 Å². The van der Waals surface area contributed by atoms with Crippen LogP contribution in [0, 0.1) is 0 Å². The number of hydrogen-bond acceptors (Lipinski definition) is 6. The highest BCUT2D eigenvalue weighted by molar-refractivity contribution is 5.15. The number of ether oxygens (including phenoxy) is 4. The van der Waals surface area contributed by atoms with E-state index in [2.05, 4.69) is 0 Å². The van der Waals surface area contributed by atoms with Gasteiger partial charge in [-0.05, 0) is 16.7 Å². The number of aliphatic hydroxyl groups is 1. The number of rotatable bonds is 10. The summed E-state index contributed by atoms with van der Waals surface area (Å²) in [7, 11) is 0. The molecular weight excluding hydrogens is 418 g/mol. The van der Waals surface area contributed by atoms with Crippen LogP contribution < -0.4 is 5.73 Å². The zero-order valence-corrected chi connectivity index (χ0v) is 18.5. The van der Waals surface area contributed by atoms with Crippen molar-refractivity contribution in [3.05, 3.63) is 108 Å². The SMILES string of the molecule is N[C@H]1C(O)O[C@H](COCc2ccccc2)[C@@H](OCc2ccccc2)[C@@H]1OCc1ccccc1. The molecule has 0 saturated carbocycles. The molecule has 1 heterocycles. The Morgan fingerprint density at radius 2 is 1.12 bits per heavy atom. The minimum absolute atomic E-state index is 0.239. The summed E-state index contributed by atoms with van der Waals surface area (Å²) in [5, 5.41) is 10.5. The van der Waals surface area contributed by atoms with Crippen LogP contribution in [-0.2, 0) is 38.8 Å². The van der Waals surface area contributed by atoms with Gasteiger partial charge in [0.25, 0.3) is 0 Å². The second-order valence-corrected chi connectivity index (χ2v) is 8.17. The molecule has 6 nitrogen and oxygen atoms in total. The van der Waals surface area contributed by atoms with Crippen molar-refractivity contribution in [2.45, 2.75) is 50.5 Å². The molecule has 0 radical (unpaired) electrons. The lowest BCUT2D eigenvalue weighted by Gasteiger charge is -2.43. The largest absolute Gasteiger partial charge is 0.374 e. The smallest absolute Gasteiger partial charge is 0.173 e. The molecule has 0 amide bonds. The van der Waals surface area contributed by atoms with Crippen LogP contribution in [0.3, 0.4) is 0 Å². The lowest BCUT2D eigenvalue weighted by Crippen LogP contribution is -2.63. The van der Waals surface area contributed by atoms with Gasteiger partial charge in [0.15, 0.2) is 6.29 Å². The zero-order valence-electron chi connectivity index (χ0n) is 18.5. The number of benzene rings is 3. The molecule has 1 fully saturated rings. The minimum Gasteiger partial charge on any atom is -0.374 e. The van der Waals surface area contributed by atoms with E-state index in [0.29, 0.717) is 19.8 Å². The maximum Gasteiger partial charge on any atom is 0.173 e. The zero-order chi connectivity index (χ0) is 22.9. The first-order valence-corrected chi connectivity index (χ1v) is 11.2. The summed E-state index contributed by atoms with van der Waals surface area (Å²) in [4.78, 5) is 0. The Labute approximate surface area is 194 Å². The lowest BCUT2D eigenvalue weighted by molar-refractivity contribution is -0.273. The summed E-state index contributed by atoms with van der Waals surface area (Å²) >= 11 is 0. The second-order valence-electron chi connectivity index (χ2n) is 8.17. The Balaban J connectivity index is 1.46. The van der Waals surface area contributed by atoms with Crippen molar-refractivity contribution in [1.82, 2.24) is 0 Å². The van der Waals surface area contributed by atoms with Crippen LogP contribution in [0.15, 0.2) is 91.0 Å². The Kier molecular flexibility index (Phi) is 8.60. The quantitative estimate of drug-likeness (QED) is 0.494. The average Bonchev–Trinajstić information content (AvgIpc) is 2.86. The standard InChI is InChI=1S/C27H31NO5/c28-24-26(32-18-22-14-8-3-9-15-22)25(31-17-21-12-6-2-7-13-21)23(33-27(24)29)19-30-16-20-10-4-1-5-11-20/h1-15,23-27,29H,16-19,28H2/t23-,24-,25-,26-,27?/m1/s1. The van der Waals surface area contributed by atoms with Crippen LogP contribution in [0.2, 0.25) is 0 Å². The third-order valence-corrected chi connectivity index (χ3v) is 5.68. The molecule has 174 valence electrons. The van der Waals surface area contributed by atoms with E-state index in [-0.39, 0.29) is 6.61 Å². The minimum atomic E-state index is -1.17. The molecule has 4 rings (SSSR count). The number of hydrogen-bond donors (Lipinski definition) is 2. The van der Waals surface area contributed by atoms with Crippen LogP contribution in [-0.4, -0.2) is 42.4 Å². The van der Waals surface area contributed by atoms with Gasteiger partial charge in [-0.2, -0.15) is 0 Å². The topological polar surface area (TPSA) is 83.2 Å². The van der Waals surface area contributed by atoms with Crippen LogP contribution in [0.25, 0.3) is 0 Å². The third kappa shape index (κ3) is 6.71. The highest BCUT2D eigenvalue weighted by atomic mass is 16.7. The van der Waals surface area contributed by atoms with Crippen molar-refractivity contribution >= 4 is 0 Å². The number of aliphatic hydroxyl groups excluding tert-OH is 1. The molecule has 0 spiro atoms. The van der Waals surface area contributed by atoms with Crippen LogP contribution in [0.5, 0.6) is 0 Å². The van der Waals surface area contributed by atoms with Gasteiger partial charge in [-0.15, -0.1) is 0 Å². The molecular formula is C27H31NO5. The van der Waals surface area contributed by atoms with Gasteiger partial charge in [0.05, 0.1) is 32.5 Å². The summed E-state index contributed by atoms with van der Waals surface area (Å²) in [6.45, 7) is 1.40. The molecule has 0 bridgehead atoms. The first-order chi connectivity index (χ1) is 16.2. The van der Waals surface area contributed by atoms with Gasteiger partial charge in [0.1, 0.15) is 18.3 Å². The van der Waals surface area contributed by atoms with Gasteiger partial charge in [-0.25, -0.2) is 0 Å². The molecule has 1 unspecified atom stereocenters. The van der Waals surface area contributed by atoms with Crippen LogP contribution in [0.4, 0.5) is 0 Å². The molecule has 6 heteroatoms. The van der Waals surface area contributed by atoms with Crippen LogP contribution in [0.1, 0.15) is 16.7 Å². The molecule has 1 aliphatic rings. The summed E-state index contributed by atoms with van der Waals surface area (Å²) < 4.78 is 24.2. The summed E-state index contributed by atoms with van der Waals surface area (Å²) in [6, 6.07) is 28.9. The molecule has 0 aromatic heterocycles. The Morgan fingerprint density at radius 3 is 1.64 bits per heavy atom. The predicted octanol–water partition coefficient (Wildman–Crippen LogP) is 3.42. The fourth-order valence-corrected chi connectivity index (χ4v) is 3.88. The highest BCUT2D eigenvalue weighted by Gasteiger charge is 2.45. The Bertz CT molecular complexity index is 941. The molecule has 1 saturated heterocycles. The molecule has 1 aliphatic heterocycles. The number of nitrogens with two attached hydrogens (primary N) is 1. The summed E-state index contributed by atoms with van der Waals surface area (Å²) in [5.41, 5.74) is 9.42. The van der Waals surface area contributed by atoms with Crippen LogP contribution >= 0.6 is 0 Å². The fourth-order valence-electron chi connectivity index (χ4n) is 3.88. The average molecular weight is 450 g/mol. The van der Waals surface area contributed by atoms with Gasteiger partial charge in [0, 0.05) is 0 Å². The van der Waals surface area contributed by atoms with E-state index in [1.165, 1.54) is 0 Å². The molecule has 5 atom stereocenters. The first kappa shape index (κ1) is 23.6. The van der Waals surface area contributed by atoms with E-state index in [4.69, 9.17) is 24.7 Å². The molecule has 3 N–H and O–H groups in total. The first-order valence-electron chi connectivity index (χ1n) is 11.2. The van der Waals surface area contributed by atoms with E-state index < -0.39 is 30.6 Å². The van der Waals surface area contributed by atoms with E-state index in [9.17, 15) is 5.11 Å².